The highest BCUT2D eigenvalue weighted by Gasteiger charge is 2.20. The number of ether oxygens (including phenoxy) is 1. The average Bonchev–Trinajstić information content (AvgIpc) is 3.01. The third-order valence-electron chi connectivity index (χ3n) is 4.67. The van der Waals surface area contributed by atoms with Crippen LogP contribution in [0, 0.1) is 5.82 Å². The minimum atomic E-state index is -0.191. The maximum Gasteiger partial charge on any atom is 0.128 e. The van der Waals surface area contributed by atoms with Crippen LogP contribution in [0.5, 0.6) is 0 Å². The Morgan fingerprint density at radius 3 is 2.69 bits per heavy atom. The SMILES string of the molecule is Fc1ccccc1Cn1cc(C(=S)N2CCOCC2)c2cc(Br)ccc21. The van der Waals surface area contributed by atoms with Gasteiger partial charge in [-0.3, -0.25) is 0 Å². The van der Waals surface area contributed by atoms with Crippen molar-refractivity contribution in [1.29, 1.82) is 0 Å². The van der Waals surface area contributed by atoms with Crippen LogP contribution in [-0.2, 0) is 11.3 Å². The van der Waals surface area contributed by atoms with E-state index in [1.54, 1.807) is 6.07 Å². The minimum absolute atomic E-state index is 0.191. The molecule has 0 amide bonds. The lowest BCUT2D eigenvalue weighted by Gasteiger charge is -2.29. The highest BCUT2D eigenvalue weighted by atomic mass is 79.9. The van der Waals surface area contributed by atoms with E-state index in [-0.39, 0.29) is 5.82 Å². The van der Waals surface area contributed by atoms with Crippen molar-refractivity contribution < 1.29 is 9.13 Å². The molecule has 134 valence electrons. The second-order valence-corrected chi connectivity index (χ2v) is 7.63. The summed E-state index contributed by atoms with van der Waals surface area (Å²) in [6, 6.07) is 13.0. The molecule has 0 radical (unpaired) electrons. The van der Waals surface area contributed by atoms with E-state index in [0.717, 1.165) is 39.0 Å². The number of thiocarbonyl (C=S) groups is 1. The molecule has 0 aliphatic carbocycles. The summed E-state index contributed by atoms with van der Waals surface area (Å²) >= 11 is 9.34. The zero-order valence-corrected chi connectivity index (χ0v) is 16.5. The summed E-state index contributed by atoms with van der Waals surface area (Å²) in [5.74, 6) is -0.191. The van der Waals surface area contributed by atoms with Crippen molar-refractivity contribution in [1.82, 2.24) is 9.47 Å². The highest BCUT2D eigenvalue weighted by molar-refractivity contribution is 9.10. The maximum absolute atomic E-state index is 14.1. The van der Waals surface area contributed by atoms with Crippen LogP contribution < -0.4 is 0 Å². The second kappa shape index (κ2) is 7.47. The molecule has 0 bridgehead atoms. The van der Waals surface area contributed by atoms with Gasteiger partial charge >= 0.3 is 0 Å². The molecule has 1 fully saturated rings. The third kappa shape index (κ3) is 3.41. The smallest absolute Gasteiger partial charge is 0.128 e. The van der Waals surface area contributed by atoms with Gasteiger partial charge in [0.15, 0.2) is 0 Å². The van der Waals surface area contributed by atoms with E-state index in [9.17, 15) is 4.39 Å². The molecule has 3 aromatic rings. The zero-order valence-electron chi connectivity index (χ0n) is 14.1. The van der Waals surface area contributed by atoms with E-state index in [2.05, 4.69) is 31.5 Å². The predicted molar refractivity (Wildman–Crippen MR) is 109 cm³/mol. The number of fused-ring (bicyclic) bond motifs is 1. The second-order valence-electron chi connectivity index (χ2n) is 6.33. The molecule has 26 heavy (non-hydrogen) atoms. The number of halogens is 2. The number of rotatable bonds is 3. The fraction of sp³-hybridized carbons (Fsp3) is 0.250. The van der Waals surface area contributed by atoms with Crippen molar-refractivity contribution in [3.8, 4) is 0 Å². The topological polar surface area (TPSA) is 17.4 Å². The normalized spacial score (nSPS) is 14.8. The van der Waals surface area contributed by atoms with Gasteiger partial charge in [0.2, 0.25) is 0 Å². The summed E-state index contributed by atoms with van der Waals surface area (Å²) in [7, 11) is 0. The Balaban J connectivity index is 1.77. The Labute approximate surface area is 165 Å². The fourth-order valence-electron chi connectivity index (χ4n) is 3.32. The molecular formula is C20H18BrFN2OS. The summed E-state index contributed by atoms with van der Waals surface area (Å²) < 4.78 is 22.6. The van der Waals surface area contributed by atoms with Crippen molar-refractivity contribution >= 4 is 44.0 Å². The highest BCUT2D eigenvalue weighted by Crippen LogP contribution is 2.28. The number of hydrogen-bond donors (Lipinski definition) is 0. The molecule has 1 aromatic heterocycles. The van der Waals surface area contributed by atoms with Crippen molar-refractivity contribution in [2.45, 2.75) is 6.54 Å². The lowest BCUT2D eigenvalue weighted by atomic mass is 10.1. The summed E-state index contributed by atoms with van der Waals surface area (Å²) in [6.07, 6.45) is 2.04. The number of hydrogen-bond acceptors (Lipinski definition) is 2. The Bertz CT molecular complexity index is 966. The molecule has 2 heterocycles. The number of aromatic nitrogens is 1. The Morgan fingerprint density at radius 2 is 1.92 bits per heavy atom. The number of benzene rings is 2. The van der Waals surface area contributed by atoms with Gasteiger partial charge in [-0.2, -0.15) is 0 Å². The molecular weight excluding hydrogens is 415 g/mol. The molecule has 6 heteroatoms. The van der Waals surface area contributed by atoms with Crippen LogP contribution in [-0.4, -0.2) is 40.8 Å². The molecule has 4 rings (SSSR count). The maximum atomic E-state index is 14.1. The summed E-state index contributed by atoms with van der Waals surface area (Å²) in [4.78, 5) is 3.01. The first-order valence-corrected chi connectivity index (χ1v) is 9.72. The van der Waals surface area contributed by atoms with Crippen LogP contribution in [0.4, 0.5) is 4.39 Å². The fourth-order valence-corrected chi connectivity index (χ4v) is 4.02. The van der Waals surface area contributed by atoms with Gasteiger partial charge in [-0.1, -0.05) is 46.3 Å². The minimum Gasteiger partial charge on any atom is -0.378 e. The van der Waals surface area contributed by atoms with Gasteiger partial charge in [0, 0.05) is 45.8 Å². The van der Waals surface area contributed by atoms with Crippen LogP contribution in [0.2, 0.25) is 0 Å². The molecule has 0 N–H and O–H groups in total. The van der Waals surface area contributed by atoms with Crippen LogP contribution in [0.25, 0.3) is 10.9 Å². The zero-order chi connectivity index (χ0) is 18.1. The van der Waals surface area contributed by atoms with E-state index in [0.29, 0.717) is 25.3 Å². The van der Waals surface area contributed by atoms with E-state index in [4.69, 9.17) is 17.0 Å². The van der Waals surface area contributed by atoms with Gasteiger partial charge < -0.3 is 14.2 Å². The molecule has 1 aliphatic rings. The van der Waals surface area contributed by atoms with Crippen LogP contribution >= 0.6 is 28.1 Å². The first-order valence-electron chi connectivity index (χ1n) is 8.52. The number of morpholine rings is 1. The molecule has 2 aromatic carbocycles. The standard InChI is InChI=1S/C20H18BrFN2OS/c21-15-5-6-19-16(11-15)17(20(26)23-7-9-25-10-8-23)13-24(19)12-14-3-1-2-4-18(14)22/h1-6,11,13H,7-10,12H2. The van der Waals surface area contributed by atoms with E-state index >= 15 is 0 Å². The van der Waals surface area contributed by atoms with E-state index in [1.165, 1.54) is 6.07 Å². The average molecular weight is 433 g/mol. The first-order chi connectivity index (χ1) is 12.6. The van der Waals surface area contributed by atoms with E-state index < -0.39 is 0 Å². The first kappa shape index (κ1) is 17.6. The molecule has 0 atom stereocenters. The van der Waals surface area contributed by atoms with Crippen LogP contribution in [0.1, 0.15) is 11.1 Å². The van der Waals surface area contributed by atoms with Crippen molar-refractivity contribution in [2.75, 3.05) is 26.3 Å². The van der Waals surface area contributed by atoms with Gasteiger partial charge in [-0.05, 0) is 24.3 Å². The van der Waals surface area contributed by atoms with Crippen LogP contribution in [0.3, 0.4) is 0 Å². The van der Waals surface area contributed by atoms with Crippen LogP contribution in [0.15, 0.2) is 53.1 Å². The molecule has 0 unspecified atom stereocenters. The lowest BCUT2D eigenvalue weighted by molar-refractivity contribution is 0.0693. The molecule has 0 spiro atoms. The van der Waals surface area contributed by atoms with Gasteiger partial charge in [-0.25, -0.2) is 4.39 Å². The predicted octanol–water partition coefficient (Wildman–Crippen LogP) is 4.60. The molecule has 1 aliphatic heterocycles. The summed E-state index contributed by atoms with van der Waals surface area (Å²) in [5, 5.41) is 1.08. The Hall–Kier alpha value is -1.76. The number of nitrogens with zero attached hydrogens (tertiary/aromatic N) is 2. The monoisotopic (exact) mass is 432 g/mol. The van der Waals surface area contributed by atoms with Crippen molar-refractivity contribution in [3.63, 3.8) is 0 Å². The lowest BCUT2D eigenvalue weighted by Crippen LogP contribution is -2.40. The molecule has 3 nitrogen and oxygen atoms in total. The molecule has 1 saturated heterocycles. The van der Waals surface area contributed by atoms with Crippen molar-refractivity contribution in [2.24, 2.45) is 0 Å². The quantitative estimate of drug-likeness (QED) is 0.563. The molecule has 0 saturated carbocycles. The van der Waals surface area contributed by atoms with Gasteiger partial charge in [0.25, 0.3) is 0 Å². The largest absolute Gasteiger partial charge is 0.378 e. The summed E-state index contributed by atoms with van der Waals surface area (Å²) in [6.45, 7) is 3.45. The van der Waals surface area contributed by atoms with E-state index in [1.807, 2.05) is 30.5 Å². The third-order valence-corrected chi connectivity index (χ3v) is 5.64. The Kier molecular flexibility index (Phi) is 5.07. The van der Waals surface area contributed by atoms with Gasteiger partial charge in [-0.15, -0.1) is 0 Å². The van der Waals surface area contributed by atoms with Gasteiger partial charge in [0.1, 0.15) is 10.8 Å². The van der Waals surface area contributed by atoms with Crippen molar-refractivity contribution in [3.05, 3.63) is 70.1 Å². The Morgan fingerprint density at radius 1 is 1.15 bits per heavy atom. The summed E-state index contributed by atoms with van der Waals surface area (Å²) in [5.41, 5.74) is 2.72. The van der Waals surface area contributed by atoms with Gasteiger partial charge in [0.05, 0.1) is 19.8 Å².